The molecule has 0 spiro atoms. The van der Waals surface area contributed by atoms with E-state index in [-0.39, 0.29) is 18.3 Å². The predicted octanol–water partition coefficient (Wildman–Crippen LogP) is 3.37. The summed E-state index contributed by atoms with van der Waals surface area (Å²) in [6, 6.07) is 11.6. The third-order valence-corrected chi connectivity index (χ3v) is 4.04. The number of nitrogens with two attached hydrogens (primary N) is 1. The van der Waals surface area contributed by atoms with Gasteiger partial charge in [0.05, 0.1) is 19.2 Å². The lowest BCUT2D eigenvalue weighted by Gasteiger charge is -2.09. The number of halogens is 1. The molecular formula is C18H21ClN2O2. The summed E-state index contributed by atoms with van der Waals surface area (Å²) in [5, 5.41) is 2.88. The lowest BCUT2D eigenvalue weighted by Crippen LogP contribution is -2.14. The van der Waals surface area contributed by atoms with E-state index in [4.69, 9.17) is 10.5 Å². The van der Waals surface area contributed by atoms with Gasteiger partial charge in [-0.2, -0.15) is 0 Å². The van der Waals surface area contributed by atoms with Gasteiger partial charge in [-0.3, -0.25) is 4.79 Å². The van der Waals surface area contributed by atoms with Crippen molar-refractivity contribution in [3.05, 3.63) is 53.1 Å². The quantitative estimate of drug-likeness (QED) is 0.844. The van der Waals surface area contributed by atoms with Crippen molar-refractivity contribution in [3.8, 4) is 5.75 Å². The standard InChI is InChI=1S/C18H20N2O2.ClH/c1-22-17-8-7-15(11-16(17)19)20-18(21)10-12-5-6-13-3-2-4-14(13)9-12;/h5-9,11H,2-4,10,19H2,1H3,(H,20,21);1H. The van der Waals surface area contributed by atoms with E-state index >= 15 is 0 Å². The summed E-state index contributed by atoms with van der Waals surface area (Å²) >= 11 is 0. The number of nitrogen functional groups attached to an aromatic ring is 1. The number of anilines is 2. The van der Waals surface area contributed by atoms with Crippen LogP contribution in [-0.4, -0.2) is 13.0 Å². The maximum absolute atomic E-state index is 12.2. The lowest BCUT2D eigenvalue weighted by molar-refractivity contribution is -0.115. The molecule has 3 N–H and O–H groups in total. The van der Waals surface area contributed by atoms with E-state index in [1.54, 1.807) is 25.3 Å². The first kappa shape index (κ1) is 17.2. The molecule has 0 atom stereocenters. The Bertz CT molecular complexity index is 716. The predicted molar refractivity (Wildman–Crippen MR) is 95.5 cm³/mol. The van der Waals surface area contributed by atoms with Gasteiger partial charge in [0, 0.05) is 5.69 Å². The van der Waals surface area contributed by atoms with Gasteiger partial charge in [-0.25, -0.2) is 0 Å². The number of nitrogens with one attached hydrogen (secondary N) is 1. The number of hydrogen-bond acceptors (Lipinski definition) is 3. The molecule has 2 aromatic rings. The monoisotopic (exact) mass is 332 g/mol. The Labute approximate surface area is 142 Å². The highest BCUT2D eigenvalue weighted by Gasteiger charge is 2.12. The number of amides is 1. The molecule has 4 nitrogen and oxygen atoms in total. The van der Waals surface area contributed by atoms with Crippen LogP contribution in [0, 0.1) is 0 Å². The van der Waals surface area contributed by atoms with Crippen LogP contribution in [-0.2, 0) is 24.1 Å². The first-order chi connectivity index (χ1) is 10.7. The van der Waals surface area contributed by atoms with Gasteiger partial charge in [0.25, 0.3) is 0 Å². The number of benzene rings is 2. The Morgan fingerprint density at radius 2 is 1.96 bits per heavy atom. The second kappa shape index (κ2) is 7.38. The van der Waals surface area contributed by atoms with Crippen LogP contribution in [0.5, 0.6) is 5.75 Å². The minimum Gasteiger partial charge on any atom is -0.495 e. The summed E-state index contributed by atoms with van der Waals surface area (Å²) in [4.78, 5) is 12.2. The third-order valence-electron chi connectivity index (χ3n) is 4.04. The van der Waals surface area contributed by atoms with Gasteiger partial charge in [-0.05, 0) is 54.2 Å². The highest BCUT2D eigenvalue weighted by Crippen LogP contribution is 2.25. The molecule has 1 amide bonds. The van der Waals surface area contributed by atoms with Crippen molar-refractivity contribution in [3.63, 3.8) is 0 Å². The molecule has 3 rings (SSSR count). The fraction of sp³-hybridized carbons (Fsp3) is 0.278. The minimum atomic E-state index is -0.0393. The average Bonchev–Trinajstić information content (AvgIpc) is 2.95. The molecule has 0 fully saturated rings. The van der Waals surface area contributed by atoms with E-state index in [2.05, 4.69) is 17.4 Å². The Morgan fingerprint density at radius 1 is 1.17 bits per heavy atom. The first-order valence-corrected chi connectivity index (χ1v) is 7.50. The van der Waals surface area contributed by atoms with Crippen molar-refractivity contribution in [1.82, 2.24) is 0 Å². The second-order valence-electron chi connectivity index (χ2n) is 5.64. The van der Waals surface area contributed by atoms with Gasteiger partial charge in [0.1, 0.15) is 5.75 Å². The van der Waals surface area contributed by atoms with Crippen molar-refractivity contribution in [2.24, 2.45) is 0 Å². The van der Waals surface area contributed by atoms with Gasteiger partial charge in [-0.15, -0.1) is 12.4 Å². The molecule has 0 aliphatic heterocycles. The van der Waals surface area contributed by atoms with Crippen molar-refractivity contribution in [2.45, 2.75) is 25.7 Å². The molecule has 0 bridgehead atoms. The molecule has 0 saturated heterocycles. The summed E-state index contributed by atoms with van der Waals surface area (Å²) in [5.74, 6) is 0.569. The first-order valence-electron chi connectivity index (χ1n) is 7.50. The van der Waals surface area contributed by atoms with E-state index in [0.29, 0.717) is 23.5 Å². The zero-order valence-corrected chi connectivity index (χ0v) is 13.9. The fourth-order valence-corrected chi connectivity index (χ4v) is 2.94. The Morgan fingerprint density at radius 3 is 2.70 bits per heavy atom. The van der Waals surface area contributed by atoms with Crippen LogP contribution in [0.1, 0.15) is 23.1 Å². The molecular weight excluding hydrogens is 312 g/mol. The molecule has 0 aromatic heterocycles. The fourth-order valence-electron chi connectivity index (χ4n) is 2.94. The summed E-state index contributed by atoms with van der Waals surface area (Å²) in [6.45, 7) is 0. The highest BCUT2D eigenvalue weighted by molar-refractivity contribution is 5.93. The Hall–Kier alpha value is -2.20. The minimum absolute atomic E-state index is 0. The SMILES string of the molecule is COc1ccc(NC(=O)Cc2ccc3c(c2)CCC3)cc1N.Cl. The summed E-state index contributed by atoms with van der Waals surface area (Å²) < 4.78 is 5.11. The summed E-state index contributed by atoms with van der Waals surface area (Å²) in [7, 11) is 1.57. The number of hydrogen-bond donors (Lipinski definition) is 2. The molecule has 0 heterocycles. The number of ether oxygens (including phenoxy) is 1. The van der Waals surface area contributed by atoms with Gasteiger partial charge >= 0.3 is 0 Å². The topological polar surface area (TPSA) is 64.3 Å². The Kier molecular flexibility index (Phi) is 5.50. The number of fused-ring (bicyclic) bond motifs is 1. The molecule has 0 radical (unpaired) electrons. The maximum atomic E-state index is 12.2. The van der Waals surface area contributed by atoms with E-state index in [9.17, 15) is 4.79 Å². The average molecular weight is 333 g/mol. The van der Waals surface area contributed by atoms with Crippen LogP contribution in [0.4, 0.5) is 11.4 Å². The molecule has 1 aliphatic rings. The molecule has 2 aromatic carbocycles. The largest absolute Gasteiger partial charge is 0.495 e. The van der Waals surface area contributed by atoms with Crippen LogP contribution in [0.2, 0.25) is 0 Å². The van der Waals surface area contributed by atoms with Crippen LogP contribution < -0.4 is 15.8 Å². The number of rotatable bonds is 4. The van der Waals surface area contributed by atoms with Crippen LogP contribution in [0.25, 0.3) is 0 Å². The summed E-state index contributed by atoms with van der Waals surface area (Å²) in [5.41, 5.74) is 10.9. The van der Waals surface area contributed by atoms with Gasteiger partial charge < -0.3 is 15.8 Å². The number of methoxy groups -OCH3 is 1. The van der Waals surface area contributed by atoms with Gasteiger partial charge in [-0.1, -0.05) is 18.2 Å². The normalized spacial score (nSPS) is 12.2. The Balaban J connectivity index is 0.00000192. The van der Waals surface area contributed by atoms with Crippen LogP contribution in [0.3, 0.4) is 0 Å². The van der Waals surface area contributed by atoms with E-state index < -0.39 is 0 Å². The molecule has 122 valence electrons. The van der Waals surface area contributed by atoms with Gasteiger partial charge in [0.2, 0.25) is 5.91 Å². The number of aryl methyl sites for hydroxylation is 2. The maximum Gasteiger partial charge on any atom is 0.228 e. The van der Waals surface area contributed by atoms with Crippen LogP contribution >= 0.6 is 12.4 Å². The van der Waals surface area contributed by atoms with Crippen molar-refractivity contribution < 1.29 is 9.53 Å². The zero-order valence-electron chi connectivity index (χ0n) is 13.1. The zero-order chi connectivity index (χ0) is 15.5. The molecule has 23 heavy (non-hydrogen) atoms. The number of carbonyl (C=O) groups excluding carboxylic acids is 1. The smallest absolute Gasteiger partial charge is 0.228 e. The van der Waals surface area contributed by atoms with Crippen LogP contribution in [0.15, 0.2) is 36.4 Å². The highest BCUT2D eigenvalue weighted by atomic mass is 35.5. The van der Waals surface area contributed by atoms with Crippen molar-refractivity contribution >= 4 is 29.7 Å². The third kappa shape index (κ3) is 3.96. The molecule has 1 aliphatic carbocycles. The molecule has 0 unspecified atom stereocenters. The summed E-state index contributed by atoms with van der Waals surface area (Å²) in [6.07, 6.45) is 3.88. The van der Waals surface area contributed by atoms with Crippen molar-refractivity contribution in [2.75, 3.05) is 18.2 Å². The van der Waals surface area contributed by atoms with E-state index in [1.165, 1.54) is 17.5 Å². The molecule has 0 saturated carbocycles. The van der Waals surface area contributed by atoms with E-state index in [1.807, 2.05) is 6.07 Å². The molecule has 5 heteroatoms. The van der Waals surface area contributed by atoms with E-state index in [0.717, 1.165) is 18.4 Å². The lowest BCUT2D eigenvalue weighted by atomic mass is 10.0. The van der Waals surface area contributed by atoms with Gasteiger partial charge in [0.15, 0.2) is 0 Å². The van der Waals surface area contributed by atoms with Crippen molar-refractivity contribution in [1.29, 1.82) is 0 Å². The number of carbonyl (C=O) groups is 1. The second-order valence-corrected chi connectivity index (χ2v) is 5.64.